The molecule has 0 aliphatic carbocycles. The molecule has 0 radical (unpaired) electrons. The Morgan fingerprint density at radius 2 is 2.00 bits per heavy atom. The molecule has 0 atom stereocenters. The van der Waals surface area contributed by atoms with Crippen molar-refractivity contribution in [3.63, 3.8) is 0 Å². The third-order valence-corrected chi connectivity index (χ3v) is 4.50. The smallest absolute Gasteiger partial charge is 0.417 e. The molecule has 3 aromatic rings. The topological polar surface area (TPSA) is 101 Å². The number of rotatable bonds is 5. The molecule has 1 aromatic heterocycles. The monoisotopic (exact) mass is 334 g/mol. The van der Waals surface area contributed by atoms with Gasteiger partial charge in [-0.3, -0.25) is 9.71 Å². The maximum absolute atomic E-state index is 12.5. The summed E-state index contributed by atoms with van der Waals surface area (Å²) < 4.78 is 37.8. The van der Waals surface area contributed by atoms with E-state index >= 15 is 0 Å². The van der Waals surface area contributed by atoms with Gasteiger partial charge in [0.15, 0.2) is 5.58 Å². The number of aromatic nitrogens is 1. The van der Waals surface area contributed by atoms with Crippen molar-refractivity contribution in [1.29, 1.82) is 0 Å². The lowest BCUT2D eigenvalue weighted by Gasteiger charge is -2.12. The van der Waals surface area contributed by atoms with Crippen molar-refractivity contribution < 1.29 is 17.6 Å². The minimum atomic E-state index is -3.84. The van der Waals surface area contributed by atoms with Crippen molar-refractivity contribution in [1.82, 2.24) is 4.98 Å². The van der Waals surface area contributed by atoms with Crippen LogP contribution in [-0.4, -0.2) is 20.0 Å². The number of anilines is 1. The Balaban J connectivity index is 1.98. The first-order valence-electron chi connectivity index (χ1n) is 6.87. The molecule has 0 aliphatic heterocycles. The molecule has 0 bridgehead atoms. The highest BCUT2D eigenvalue weighted by Crippen LogP contribution is 2.27. The summed E-state index contributed by atoms with van der Waals surface area (Å²) in [4.78, 5) is 13.6. The average Bonchev–Trinajstić information content (AvgIpc) is 2.88. The zero-order chi connectivity index (χ0) is 16.4. The van der Waals surface area contributed by atoms with Crippen molar-refractivity contribution in [2.24, 2.45) is 0 Å². The van der Waals surface area contributed by atoms with Crippen molar-refractivity contribution in [2.45, 2.75) is 11.8 Å². The van der Waals surface area contributed by atoms with Crippen molar-refractivity contribution in [2.75, 3.05) is 11.3 Å². The second-order valence-corrected chi connectivity index (χ2v) is 6.39. The number of sulfonamides is 1. The molecule has 0 unspecified atom stereocenters. The molecule has 120 valence electrons. The summed E-state index contributed by atoms with van der Waals surface area (Å²) in [6, 6.07) is 10.9. The van der Waals surface area contributed by atoms with Crippen molar-refractivity contribution >= 4 is 26.8 Å². The number of benzene rings is 2. The van der Waals surface area contributed by atoms with Crippen LogP contribution in [-0.2, 0) is 10.0 Å². The van der Waals surface area contributed by atoms with E-state index < -0.39 is 15.8 Å². The van der Waals surface area contributed by atoms with Crippen LogP contribution in [0.2, 0.25) is 0 Å². The zero-order valence-electron chi connectivity index (χ0n) is 12.2. The lowest BCUT2D eigenvalue weighted by molar-refractivity contribution is 0.342. The Kier molecular flexibility index (Phi) is 3.83. The molecule has 7 nitrogen and oxygen atoms in total. The molecule has 0 saturated carbocycles. The molecule has 23 heavy (non-hydrogen) atoms. The number of fused-ring (bicyclic) bond motifs is 1. The number of H-pyrrole nitrogens is 1. The largest absolute Gasteiger partial charge is 0.492 e. The molecule has 0 aliphatic rings. The fourth-order valence-electron chi connectivity index (χ4n) is 2.13. The molecule has 0 spiro atoms. The molecule has 2 aromatic carbocycles. The van der Waals surface area contributed by atoms with E-state index in [4.69, 9.17) is 9.15 Å². The minimum Gasteiger partial charge on any atom is -0.492 e. The van der Waals surface area contributed by atoms with Crippen LogP contribution in [0.15, 0.2) is 56.6 Å². The number of hydrogen-bond acceptors (Lipinski definition) is 5. The highest BCUT2D eigenvalue weighted by Gasteiger charge is 2.18. The molecule has 0 amide bonds. The van der Waals surface area contributed by atoms with Crippen LogP contribution in [0.3, 0.4) is 0 Å². The highest BCUT2D eigenvalue weighted by atomic mass is 32.2. The van der Waals surface area contributed by atoms with E-state index in [0.717, 1.165) is 0 Å². The molecule has 0 fully saturated rings. The predicted molar refractivity (Wildman–Crippen MR) is 85.3 cm³/mol. The van der Waals surface area contributed by atoms with Gasteiger partial charge in [-0.2, -0.15) is 0 Å². The number of hydrogen-bond donors (Lipinski definition) is 2. The Morgan fingerprint density at radius 1 is 1.22 bits per heavy atom. The van der Waals surface area contributed by atoms with Crippen molar-refractivity contribution in [3.05, 3.63) is 53.0 Å². The third kappa shape index (κ3) is 3.07. The molecular formula is C15H14N2O5S. The van der Waals surface area contributed by atoms with E-state index in [0.29, 0.717) is 23.6 Å². The maximum Gasteiger partial charge on any atom is 0.417 e. The van der Waals surface area contributed by atoms with Crippen LogP contribution in [0.5, 0.6) is 5.75 Å². The number of para-hydroxylation sites is 2. The fourth-order valence-corrected chi connectivity index (χ4v) is 3.21. The van der Waals surface area contributed by atoms with E-state index in [2.05, 4.69) is 9.71 Å². The number of ether oxygens (including phenoxy) is 1. The Morgan fingerprint density at radius 3 is 2.78 bits per heavy atom. The van der Waals surface area contributed by atoms with Crippen LogP contribution in [0.4, 0.5) is 5.69 Å². The lowest BCUT2D eigenvalue weighted by Crippen LogP contribution is -2.13. The van der Waals surface area contributed by atoms with Crippen LogP contribution in [0, 0.1) is 0 Å². The van der Waals surface area contributed by atoms with E-state index in [-0.39, 0.29) is 10.5 Å². The van der Waals surface area contributed by atoms with Crippen LogP contribution < -0.4 is 15.2 Å². The van der Waals surface area contributed by atoms with Gasteiger partial charge in [0.25, 0.3) is 10.0 Å². The normalized spacial score (nSPS) is 11.5. The molecule has 0 saturated heterocycles. The van der Waals surface area contributed by atoms with Crippen LogP contribution in [0.1, 0.15) is 6.92 Å². The number of oxazole rings is 1. The summed E-state index contributed by atoms with van der Waals surface area (Å²) in [6.45, 7) is 2.23. The first-order chi connectivity index (χ1) is 11.0. The first kappa shape index (κ1) is 15.2. The van der Waals surface area contributed by atoms with E-state index in [1.54, 1.807) is 24.3 Å². The number of nitrogens with one attached hydrogen (secondary N) is 2. The summed E-state index contributed by atoms with van der Waals surface area (Å²) in [5.41, 5.74) is 0.949. The Bertz CT molecular complexity index is 1000. The van der Waals surface area contributed by atoms with Gasteiger partial charge in [0.2, 0.25) is 0 Å². The quantitative estimate of drug-likeness (QED) is 0.745. The highest BCUT2D eigenvalue weighted by molar-refractivity contribution is 7.92. The van der Waals surface area contributed by atoms with Gasteiger partial charge in [-0.25, -0.2) is 13.2 Å². The van der Waals surface area contributed by atoms with Crippen molar-refractivity contribution in [3.8, 4) is 5.75 Å². The summed E-state index contributed by atoms with van der Waals surface area (Å²) in [7, 11) is -3.84. The standard InChI is InChI=1S/C15H14N2O5S/c1-2-21-13-6-4-3-5-12(13)17-23(19,20)10-7-8-11-14(9-10)22-15(18)16-11/h3-9,17H,2H2,1H3,(H,16,18). The summed E-state index contributed by atoms with van der Waals surface area (Å²) in [5.74, 6) is -0.197. The van der Waals surface area contributed by atoms with Gasteiger partial charge in [0.05, 0.1) is 22.7 Å². The second-order valence-electron chi connectivity index (χ2n) is 4.71. The molecule has 8 heteroatoms. The first-order valence-corrected chi connectivity index (χ1v) is 8.35. The maximum atomic E-state index is 12.5. The van der Waals surface area contributed by atoms with Gasteiger partial charge in [0, 0.05) is 6.07 Å². The lowest BCUT2D eigenvalue weighted by atomic mass is 10.3. The van der Waals surface area contributed by atoms with Gasteiger partial charge >= 0.3 is 5.76 Å². The van der Waals surface area contributed by atoms with Gasteiger partial charge in [-0.15, -0.1) is 0 Å². The summed E-state index contributed by atoms with van der Waals surface area (Å²) in [5, 5.41) is 0. The Hall–Kier alpha value is -2.74. The van der Waals surface area contributed by atoms with E-state index in [1.165, 1.54) is 18.2 Å². The van der Waals surface area contributed by atoms with E-state index in [9.17, 15) is 13.2 Å². The fraction of sp³-hybridized carbons (Fsp3) is 0.133. The van der Waals surface area contributed by atoms with Gasteiger partial charge in [-0.1, -0.05) is 12.1 Å². The molecule has 2 N–H and O–H groups in total. The zero-order valence-corrected chi connectivity index (χ0v) is 13.0. The summed E-state index contributed by atoms with van der Waals surface area (Å²) in [6.07, 6.45) is 0. The summed E-state index contributed by atoms with van der Waals surface area (Å²) >= 11 is 0. The predicted octanol–water partition coefficient (Wildman–Crippen LogP) is 2.32. The van der Waals surface area contributed by atoms with E-state index in [1.807, 2.05) is 6.92 Å². The van der Waals surface area contributed by atoms with Crippen LogP contribution >= 0.6 is 0 Å². The minimum absolute atomic E-state index is 0.0148. The SMILES string of the molecule is CCOc1ccccc1NS(=O)(=O)c1ccc2[nH]c(=O)oc2c1. The second kappa shape index (κ2) is 5.81. The van der Waals surface area contributed by atoms with Gasteiger partial charge < -0.3 is 9.15 Å². The number of aromatic amines is 1. The molecular weight excluding hydrogens is 320 g/mol. The third-order valence-electron chi connectivity index (χ3n) is 3.13. The van der Waals surface area contributed by atoms with Crippen LogP contribution in [0.25, 0.3) is 11.1 Å². The Labute approximate surface area is 131 Å². The van der Waals surface area contributed by atoms with Gasteiger partial charge in [-0.05, 0) is 31.2 Å². The molecule has 3 rings (SSSR count). The van der Waals surface area contributed by atoms with Gasteiger partial charge in [0.1, 0.15) is 5.75 Å². The molecule has 1 heterocycles. The average molecular weight is 334 g/mol.